The molecule has 5 heteroatoms. The maximum absolute atomic E-state index is 11.9. The minimum atomic E-state index is -1.02. The van der Waals surface area contributed by atoms with E-state index in [1.165, 1.54) is 17.7 Å². The molecule has 0 aromatic heterocycles. The predicted octanol–water partition coefficient (Wildman–Crippen LogP) is 3.80. The lowest BCUT2D eigenvalue weighted by molar-refractivity contribution is -0.116. The summed E-state index contributed by atoms with van der Waals surface area (Å²) in [4.78, 5) is 22.8. The molecule has 0 atom stereocenters. The van der Waals surface area contributed by atoms with E-state index >= 15 is 0 Å². The normalized spacial score (nSPS) is 10.2. The van der Waals surface area contributed by atoms with Crippen LogP contribution >= 0.6 is 0 Å². The summed E-state index contributed by atoms with van der Waals surface area (Å²) in [6.45, 7) is 4.47. The quantitative estimate of drug-likeness (QED) is 0.759. The monoisotopic (exact) mass is 327 g/mol. The van der Waals surface area contributed by atoms with E-state index in [2.05, 4.69) is 11.4 Å². The highest BCUT2D eigenvalue weighted by Gasteiger charge is 2.07. The Balaban J connectivity index is 1.77. The summed E-state index contributed by atoms with van der Waals surface area (Å²) in [6, 6.07) is 12.2. The number of aryl methyl sites for hydroxylation is 2. The van der Waals surface area contributed by atoms with Gasteiger partial charge in [-0.1, -0.05) is 23.8 Å². The Bertz CT molecular complexity index is 740. The van der Waals surface area contributed by atoms with E-state index < -0.39 is 5.97 Å². The lowest BCUT2D eigenvalue weighted by atomic mass is 10.1. The third-order valence-electron chi connectivity index (χ3n) is 3.53. The number of rotatable bonds is 7. The molecule has 1 amide bonds. The number of amides is 1. The van der Waals surface area contributed by atoms with Gasteiger partial charge in [-0.3, -0.25) is 4.79 Å². The molecule has 5 nitrogen and oxygen atoms in total. The van der Waals surface area contributed by atoms with Crippen molar-refractivity contribution in [3.8, 4) is 5.75 Å². The number of hydrogen-bond donors (Lipinski definition) is 2. The van der Waals surface area contributed by atoms with E-state index in [0.717, 1.165) is 11.3 Å². The molecule has 0 aliphatic heterocycles. The van der Waals surface area contributed by atoms with Crippen LogP contribution in [0, 0.1) is 13.8 Å². The zero-order valence-electron chi connectivity index (χ0n) is 13.8. The summed E-state index contributed by atoms with van der Waals surface area (Å²) < 4.78 is 5.69. The minimum Gasteiger partial charge on any atom is -0.493 e. The highest BCUT2D eigenvalue weighted by molar-refractivity contribution is 5.93. The molecule has 0 bridgehead atoms. The Morgan fingerprint density at radius 3 is 2.62 bits per heavy atom. The molecule has 0 aliphatic rings. The molecule has 0 saturated carbocycles. The van der Waals surface area contributed by atoms with Gasteiger partial charge in [-0.05, 0) is 50.1 Å². The summed E-state index contributed by atoms with van der Waals surface area (Å²) in [5.41, 5.74) is 2.88. The van der Waals surface area contributed by atoms with Crippen LogP contribution in [0.3, 0.4) is 0 Å². The van der Waals surface area contributed by atoms with Crippen molar-refractivity contribution < 1.29 is 19.4 Å². The molecule has 0 unspecified atom stereocenters. The zero-order valence-corrected chi connectivity index (χ0v) is 13.8. The maximum Gasteiger partial charge on any atom is 0.335 e. The molecule has 0 aliphatic carbocycles. The first kappa shape index (κ1) is 17.5. The number of anilines is 1. The van der Waals surface area contributed by atoms with E-state index in [4.69, 9.17) is 9.84 Å². The fourth-order valence-electron chi connectivity index (χ4n) is 2.33. The number of carboxylic acids is 1. The molecule has 0 spiro atoms. The van der Waals surface area contributed by atoms with Crippen LogP contribution in [0.25, 0.3) is 0 Å². The van der Waals surface area contributed by atoms with Crippen LogP contribution in [0.15, 0.2) is 42.5 Å². The zero-order chi connectivity index (χ0) is 17.5. The number of carboxylic acid groups (broad SMARTS) is 1. The van der Waals surface area contributed by atoms with Crippen LogP contribution in [0.4, 0.5) is 5.69 Å². The fraction of sp³-hybridized carbons (Fsp3) is 0.263. The fourth-order valence-corrected chi connectivity index (χ4v) is 2.33. The standard InChI is InChI=1S/C19H21NO4/c1-13-8-9-17(14(2)11-13)24-10-4-7-18(21)20-16-6-3-5-15(12-16)19(22)23/h3,5-6,8-9,11-12H,4,7,10H2,1-2H3,(H,20,21)(H,22,23). The molecule has 2 aromatic carbocycles. The van der Waals surface area contributed by atoms with Gasteiger partial charge >= 0.3 is 5.97 Å². The van der Waals surface area contributed by atoms with E-state index in [-0.39, 0.29) is 11.5 Å². The van der Waals surface area contributed by atoms with E-state index in [9.17, 15) is 9.59 Å². The molecule has 2 aromatic rings. The Morgan fingerprint density at radius 1 is 1.12 bits per heavy atom. The first-order valence-electron chi connectivity index (χ1n) is 7.79. The summed E-state index contributed by atoms with van der Waals surface area (Å²) >= 11 is 0. The summed E-state index contributed by atoms with van der Waals surface area (Å²) in [6.07, 6.45) is 0.889. The number of aromatic carboxylic acids is 1. The van der Waals surface area contributed by atoms with Crippen molar-refractivity contribution in [2.24, 2.45) is 0 Å². The maximum atomic E-state index is 11.9. The number of hydrogen-bond acceptors (Lipinski definition) is 3. The van der Waals surface area contributed by atoms with E-state index in [1.807, 2.05) is 26.0 Å². The summed E-state index contributed by atoms with van der Waals surface area (Å²) in [5.74, 6) is -0.357. The third-order valence-corrected chi connectivity index (χ3v) is 3.53. The van der Waals surface area contributed by atoms with Crippen LogP contribution in [0.1, 0.15) is 34.3 Å². The van der Waals surface area contributed by atoms with Crippen molar-refractivity contribution >= 4 is 17.6 Å². The molecule has 0 radical (unpaired) electrons. The van der Waals surface area contributed by atoms with E-state index in [1.54, 1.807) is 12.1 Å². The lowest BCUT2D eigenvalue weighted by Crippen LogP contribution is -2.13. The highest BCUT2D eigenvalue weighted by Crippen LogP contribution is 2.19. The molecular formula is C19H21NO4. The molecule has 0 heterocycles. The average Bonchev–Trinajstić information content (AvgIpc) is 2.53. The van der Waals surface area contributed by atoms with Crippen molar-refractivity contribution in [1.82, 2.24) is 0 Å². The number of carbonyl (C=O) groups is 2. The molecule has 2 rings (SSSR count). The van der Waals surface area contributed by atoms with Gasteiger partial charge in [-0.25, -0.2) is 4.79 Å². The van der Waals surface area contributed by atoms with E-state index in [0.29, 0.717) is 25.1 Å². The predicted molar refractivity (Wildman–Crippen MR) is 92.7 cm³/mol. The van der Waals surface area contributed by atoms with Gasteiger partial charge in [-0.2, -0.15) is 0 Å². The van der Waals surface area contributed by atoms with Crippen LogP contribution < -0.4 is 10.1 Å². The van der Waals surface area contributed by atoms with Crippen LogP contribution in [0.5, 0.6) is 5.75 Å². The van der Waals surface area contributed by atoms with Gasteiger partial charge in [0.15, 0.2) is 0 Å². The second-order valence-corrected chi connectivity index (χ2v) is 5.66. The average molecular weight is 327 g/mol. The second kappa shape index (κ2) is 8.15. The molecule has 2 N–H and O–H groups in total. The van der Waals surface area contributed by atoms with Gasteiger partial charge in [0.05, 0.1) is 12.2 Å². The van der Waals surface area contributed by atoms with Gasteiger partial charge in [0.25, 0.3) is 0 Å². The molecular weight excluding hydrogens is 306 g/mol. The highest BCUT2D eigenvalue weighted by atomic mass is 16.5. The Labute approximate surface area is 141 Å². The van der Waals surface area contributed by atoms with Gasteiger partial charge < -0.3 is 15.2 Å². The van der Waals surface area contributed by atoms with Crippen LogP contribution in [0.2, 0.25) is 0 Å². The smallest absolute Gasteiger partial charge is 0.335 e. The molecule has 0 fully saturated rings. The summed E-state index contributed by atoms with van der Waals surface area (Å²) in [7, 11) is 0. The lowest BCUT2D eigenvalue weighted by Gasteiger charge is -2.10. The van der Waals surface area contributed by atoms with Crippen molar-refractivity contribution in [2.75, 3.05) is 11.9 Å². The Hall–Kier alpha value is -2.82. The summed E-state index contributed by atoms with van der Waals surface area (Å²) in [5, 5.41) is 11.6. The van der Waals surface area contributed by atoms with Gasteiger partial charge in [0, 0.05) is 12.1 Å². The van der Waals surface area contributed by atoms with Crippen molar-refractivity contribution in [2.45, 2.75) is 26.7 Å². The van der Waals surface area contributed by atoms with Crippen LogP contribution in [-0.2, 0) is 4.79 Å². The largest absolute Gasteiger partial charge is 0.493 e. The minimum absolute atomic E-state index is 0.144. The second-order valence-electron chi connectivity index (χ2n) is 5.66. The SMILES string of the molecule is Cc1ccc(OCCCC(=O)Nc2cccc(C(=O)O)c2)c(C)c1. The molecule has 126 valence electrons. The number of carbonyl (C=O) groups excluding carboxylic acids is 1. The molecule has 24 heavy (non-hydrogen) atoms. The Kier molecular flexibility index (Phi) is 5.95. The van der Waals surface area contributed by atoms with Gasteiger partial charge in [-0.15, -0.1) is 0 Å². The Morgan fingerprint density at radius 2 is 1.92 bits per heavy atom. The van der Waals surface area contributed by atoms with Crippen molar-refractivity contribution in [3.63, 3.8) is 0 Å². The van der Waals surface area contributed by atoms with Gasteiger partial charge in [0.2, 0.25) is 5.91 Å². The first-order valence-corrected chi connectivity index (χ1v) is 7.79. The molecule has 0 saturated heterocycles. The number of benzene rings is 2. The topological polar surface area (TPSA) is 75.6 Å². The van der Waals surface area contributed by atoms with Gasteiger partial charge in [0.1, 0.15) is 5.75 Å². The third kappa shape index (κ3) is 5.12. The number of nitrogens with one attached hydrogen (secondary N) is 1. The van der Waals surface area contributed by atoms with Crippen LogP contribution in [-0.4, -0.2) is 23.6 Å². The first-order chi connectivity index (χ1) is 11.5. The van der Waals surface area contributed by atoms with Crippen molar-refractivity contribution in [1.29, 1.82) is 0 Å². The number of ether oxygens (including phenoxy) is 1. The van der Waals surface area contributed by atoms with Crippen molar-refractivity contribution in [3.05, 3.63) is 59.2 Å².